The van der Waals surface area contributed by atoms with Gasteiger partial charge in [-0.2, -0.15) is 0 Å². The van der Waals surface area contributed by atoms with Gasteiger partial charge in [-0.05, 0) is 91.7 Å². The molecule has 0 aliphatic carbocycles. The molecule has 0 aromatic heterocycles. The number of benzene rings is 8. The Kier molecular flexibility index (Phi) is 9.27. The van der Waals surface area contributed by atoms with E-state index in [-0.39, 0.29) is 0 Å². The fraction of sp³-hybridized carbons (Fsp3) is 0. The van der Waals surface area contributed by atoms with Crippen molar-refractivity contribution in [2.24, 2.45) is 0 Å². The van der Waals surface area contributed by atoms with Gasteiger partial charge in [-0.1, -0.05) is 155 Å². The molecule has 8 aromatic rings. The summed E-state index contributed by atoms with van der Waals surface area (Å²) in [6, 6.07) is 59.1. The van der Waals surface area contributed by atoms with Crippen LogP contribution >= 0.6 is 0 Å². The number of fused-ring (bicyclic) bond motifs is 1. The molecule has 0 atom stereocenters. The summed E-state index contributed by atoms with van der Waals surface area (Å²) in [6.45, 7) is 0. The van der Waals surface area contributed by atoms with Gasteiger partial charge in [0.15, 0.2) is 0 Å². The van der Waals surface area contributed by atoms with Crippen molar-refractivity contribution < 1.29 is 0 Å². The number of nitrogens with zero attached hydrogens (tertiary/aromatic N) is 1. The van der Waals surface area contributed by atoms with E-state index in [0.29, 0.717) is 0 Å². The Morgan fingerprint density at radius 1 is 0.245 bits per heavy atom. The molecule has 1 nitrogen and oxygen atoms in total. The zero-order valence-electron chi connectivity index (χ0n) is 31.5. The van der Waals surface area contributed by atoms with Gasteiger partial charge in [0.05, 0.1) is 0 Å². The number of rotatable bonds is 7. The van der Waals surface area contributed by atoms with Crippen molar-refractivity contribution in [1.82, 2.24) is 0 Å². The number of anilines is 3. The van der Waals surface area contributed by atoms with E-state index < -0.39 is 0 Å². The van der Waals surface area contributed by atoms with Gasteiger partial charge < -0.3 is 4.90 Å². The molecule has 246 valence electrons. The van der Waals surface area contributed by atoms with Crippen LogP contribution in [0.3, 0.4) is 0 Å². The van der Waals surface area contributed by atoms with Gasteiger partial charge >= 0.3 is 0 Å². The largest absolute Gasteiger partial charge is 0.311 e. The third-order valence-corrected chi connectivity index (χ3v) is 11.4. The zero-order valence-corrected chi connectivity index (χ0v) is 31.5. The van der Waals surface area contributed by atoms with E-state index in [1.165, 1.54) is 88.1 Å². The predicted molar refractivity (Wildman–Crippen MR) is 249 cm³/mol. The lowest BCUT2D eigenvalue weighted by Gasteiger charge is -2.27. The second-order valence-electron chi connectivity index (χ2n) is 14.3. The van der Waals surface area contributed by atoms with Crippen LogP contribution in [0.5, 0.6) is 0 Å². The summed E-state index contributed by atoms with van der Waals surface area (Å²) in [5, 5.41) is 2.77. The van der Waals surface area contributed by atoms with Crippen molar-refractivity contribution >= 4 is 108 Å². The van der Waals surface area contributed by atoms with Crippen LogP contribution in [0, 0.1) is 0 Å². The zero-order chi connectivity index (χ0) is 36.6. The van der Waals surface area contributed by atoms with Gasteiger partial charge in [-0.15, -0.1) is 5.46 Å². The summed E-state index contributed by atoms with van der Waals surface area (Å²) in [4.78, 5) is 2.36. The fourth-order valence-corrected chi connectivity index (χ4v) is 8.27. The molecular formula is C46H39B6N. The molecule has 7 heteroatoms. The Balaban J connectivity index is 1.24. The Morgan fingerprint density at radius 2 is 0.566 bits per heavy atom. The third kappa shape index (κ3) is 6.25. The molecule has 0 amide bonds. The third-order valence-electron chi connectivity index (χ3n) is 11.4. The van der Waals surface area contributed by atoms with E-state index in [1.807, 2.05) is 0 Å². The quantitative estimate of drug-likeness (QED) is 0.236. The van der Waals surface area contributed by atoms with Crippen LogP contribution in [0.25, 0.3) is 55.3 Å². The van der Waals surface area contributed by atoms with E-state index in [0.717, 1.165) is 17.1 Å². The molecule has 0 aliphatic rings. The highest BCUT2D eigenvalue weighted by molar-refractivity contribution is 6.68. The van der Waals surface area contributed by atoms with Crippen LogP contribution in [-0.2, 0) is 0 Å². The second kappa shape index (κ2) is 14.3. The van der Waals surface area contributed by atoms with Crippen molar-refractivity contribution in [1.29, 1.82) is 0 Å². The average Bonchev–Trinajstić information content (AvgIpc) is 3.21. The normalized spacial score (nSPS) is 11.1. The van der Waals surface area contributed by atoms with Gasteiger partial charge in [-0.3, -0.25) is 0 Å². The first-order chi connectivity index (χ1) is 25.8. The van der Waals surface area contributed by atoms with Crippen molar-refractivity contribution in [3.05, 3.63) is 164 Å². The van der Waals surface area contributed by atoms with Crippen LogP contribution in [0.15, 0.2) is 164 Å². The number of hydrogen-bond donors (Lipinski definition) is 0. The van der Waals surface area contributed by atoms with E-state index in [1.54, 1.807) is 0 Å². The second-order valence-corrected chi connectivity index (χ2v) is 14.3. The summed E-state index contributed by atoms with van der Waals surface area (Å²) in [5.41, 5.74) is 21.6. The Labute approximate surface area is 319 Å². The van der Waals surface area contributed by atoms with Gasteiger partial charge in [0, 0.05) is 17.1 Å². The van der Waals surface area contributed by atoms with E-state index in [9.17, 15) is 0 Å². The van der Waals surface area contributed by atoms with Crippen molar-refractivity contribution in [2.75, 3.05) is 4.90 Å². The summed E-state index contributed by atoms with van der Waals surface area (Å²) in [5.74, 6) is 0. The molecule has 0 fully saturated rings. The topological polar surface area (TPSA) is 3.24 Å². The molecule has 0 radical (unpaired) electrons. The molecule has 0 unspecified atom stereocenters. The highest BCUT2D eigenvalue weighted by atomic mass is 15.1. The van der Waals surface area contributed by atoms with Crippen molar-refractivity contribution in [3.8, 4) is 44.5 Å². The molecule has 53 heavy (non-hydrogen) atoms. The molecule has 0 aliphatic heterocycles. The SMILES string of the molecule is Bc1c(B)c(-c2ccccc2)c2c(B)c(B)c(-c3ccc(N(c4ccc(-c5ccccc5)cc4)c4ccc(-c5ccccc5)cc4)cc3)c(B)c2c1B. The first-order valence-corrected chi connectivity index (χ1v) is 18.6. The van der Waals surface area contributed by atoms with E-state index in [2.05, 4.69) is 216 Å². The van der Waals surface area contributed by atoms with Crippen LogP contribution in [0.4, 0.5) is 17.1 Å². The maximum absolute atomic E-state index is 2.36. The lowest BCUT2D eigenvalue weighted by atomic mass is 9.60. The lowest BCUT2D eigenvalue weighted by Crippen LogP contribution is -2.46. The summed E-state index contributed by atoms with van der Waals surface area (Å²) >= 11 is 0. The minimum atomic E-state index is 1.12. The van der Waals surface area contributed by atoms with E-state index >= 15 is 0 Å². The van der Waals surface area contributed by atoms with Crippen LogP contribution < -0.4 is 37.7 Å². The summed E-state index contributed by atoms with van der Waals surface area (Å²) in [6.07, 6.45) is 0. The van der Waals surface area contributed by atoms with Crippen LogP contribution in [0.1, 0.15) is 0 Å². The highest BCUT2D eigenvalue weighted by Crippen LogP contribution is 2.37. The average molecular weight is 671 g/mol. The fourth-order valence-electron chi connectivity index (χ4n) is 8.27. The van der Waals surface area contributed by atoms with Crippen molar-refractivity contribution in [3.63, 3.8) is 0 Å². The first kappa shape index (κ1) is 34.3. The van der Waals surface area contributed by atoms with Gasteiger partial charge in [-0.25, -0.2) is 0 Å². The lowest BCUT2D eigenvalue weighted by molar-refractivity contribution is 1.28. The minimum absolute atomic E-state index is 1.12. The molecule has 0 saturated heterocycles. The summed E-state index contributed by atoms with van der Waals surface area (Å²) < 4.78 is 0. The minimum Gasteiger partial charge on any atom is -0.311 e. The maximum atomic E-state index is 2.36. The molecule has 0 saturated carbocycles. The van der Waals surface area contributed by atoms with Gasteiger partial charge in [0.2, 0.25) is 0 Å². The molecule has 8 aromatic carbocycles. The van der Waals surface area contributed by atoms with E-state index in [4.69, 9.17) is 0 Å². The van der Waals surface area contributed by atoms with Crippen LogP contribution in [0.2, 0.25) is 0 Å². The Hall–Kier alpha value is -5.79. The maximum Gasteiger partial charge on any atom is 0.140 e. The Bertz CT molecular complexity index is 2490. The molecule has 0 spiro atoms. The monoisotopic (exact) mass is 671 g/mol. The highest BCUT2D eigenvalue weighted by Gasteiger charge is 2.21. The molecule has 8 rings (SSSR count). The molecular weight excluding hydrogens is 631 g/mol. The molecule has 0 heterocycles. The standard InChI is InChI=1S/C46H39B6N/c47-41-38(43(49)44(50)39-37(32-14-8-3-9-15-32)42(48)46(52)45(51)40(39)41)33-20-26-36(27-21-33)53(34-22-16-30(17-23-34)28-10-4-1-5-11-28)35-24-18-31(19-25-35)29-12-6-2-7-13-29/h1-27H,47-52H2. The smallest absolute Gasteiger partial charge is 0.140 e. The van der Waals surface area contributed by atoms with Crippen LogP contribution in [-0.4, -0.2) is 47.1 Å². The van der Waals surface area contributed by atoms with Gasteiger partial charge in [0.25, 0.3) is 0 Å². The Morgan fingerprint density at radius 3 is 1.00 bits per heavy atom. The first-order valence-electron chi connectivity index (χ1n) is 18.6. The van der Waals surface area contributed by atoms with Crippen molar-refractivity contribution in [2.45, 2.75) is 0 Å². The van der Waals surface area contributed by atoms with Gasteiger partial charge in [0.1, 0.15) is 47.1 Å². The summed E-state index contributed by atoms with van der Waals surface area (Å²) in [7, 11) is 13.8. The molecule has 0 bridgehead atoms. The molecule has 0 N–H and O–H groups in total. The predicted octanol–water partition coefficient (Wildman–Crippen LogP) is 2.53. The number of hydrogen-bond acceptors (Lipinski definition) is 1.